The summed E-state index contributed by atoms with van der Waals surface area (Å²) in [7, 11) is 0. The first kappa shape index (κ1) is 10.9. The third kappa shape index (κ3) is 2.01. The first-order valence-corrected chi connectivity index (χ1v) is 6.05. The Morgan fingerprint density at radius 2 is 2.00 bits per heavy atom. The average molecular weight is 235 g/mol. The summed E-state index contributed by atoms with van der Waals surface area (Å²) in [5.74, 6) is 1.17. The number of aromatic nitrogens is 4. The second-order valence-electron chi connectivity index (χ2n) is 3.48. The molecule has 0 saturated carbocycles. The third-order valence-corrected chi connectivity index (χ3v) is 2.67. The molecule has 0 atom stereocenters. The Labute approximate surface area is 98.1 Å². The van der Waals surface area contributed by atoms with Gasteiger partial charge in [0.15, 0.2) is 11.0 Å². The van der Waals surface area contributed by atoms with Crippen molar-refractivity contribution in [1.82, 2.24) is 19.7 Å². The molecule has 0 aliphatic heterocycles. The number of nitrogens with two attached hydrogens (primary N) is 1. The van der Waals surface area contributed by atoms with Crippen molar-refractivity contribution in [3.05, 3.63) is 23.5 Å². The summed E-state index contributed by atoms with van der Waals surface area (Å²) in [5.41, 5.74) is 7.71. The van der Waals surface area contributed by atoms with Crippen LogP contribution in [0, 0.1) is 13.8 Å². The lowest BCUT2D eigenvalue weighted by molar-refractivity contribution is 0.779. The SMILES string of the molecule is CSc1nc(N)cc(-n2nc(C)cc2C)n1. The predicted molar refractivity (Wildman–Crippen MR) is 64.8 cm³/mol. The van der Waals surface area contributed by atoms with Crippen LogP contribution in [0.15, 0.2) is 17.3 Å². The topological polar surface area (TPSA) is 69.6 Å². The first-order chi connectivity index (χ1) is 7.60. The minimum Gasteiger partial charge on any atom is -0.383 e. The van der Waals surface area contributed by atoms with Gasteiger partial charge in [-0.1, -0.05) is 11.8 Å². The number of aryl methyl sites for hydroxylation is 2. The van der Waals surface area contributed by atoms with Crippen LogP contribution >= 0.6 is 11.8 Å². The summed E-state index contributed by atoms with van der Waals surface area (Å²) < 4.78 is 1.77. The Hall–Kier alpha value is -1.56. The minimum atomic E-state index is 0.460. The second-order valence-corrected chi connectivity index (χ2v) is 4.25. The number of hydrogen-bond donors (Lipinski definition) is 1. The molecule has 0 radical (unpaired) electrons. The number of hydrogen-bond acceptors (Lipinski definition) is 5. The number of rotatable bonds is 2. The Balaban J connectivity index is 2.55. The monoisotopic (exact) mass is 235 g/mol. The molecule has 6 heteroatoms. The molecule has 5 nitrogen and oxygen atoms in total. The van der Waals surface area contributed by atoms with E-state index in [0.29, 0.717) is 16.8 Å². The minimum absolute atomic E-state index is 0.460. The van der Waals surface area contributed by atoms with E-state index in [0.717, 1.165) is 11.4 Å². The van der Waals surface area contributed by atoms with Crippen LogP contribution in [-0.2, 0) is 0 Å². The van der Waals surface area contributed by atoms with Crippen molar-refractivity contribution >= 4 is 17.6 Å². The highest BCUT2D eigenvalue weighted by Crippen LogP contribution is 2.16. The van der Waals surface area contributed by atoms with Crippen LogP contribution < -0.4 is 5.73 Å². The molecule has 16 heavy (non-hydrogen) atoms. The Morgan fingerprint density at radius 1 is 1.25 bits per heavy atom. The van der Waals surface area contributed by atoms with Gasteiger partial charge in [-0.15, -0.1) is 0 Å². The van der Waals surface area contributed by atoms with Crippen molar-refractivity contribution < 1.29 is 0 Å². The van der Waals surface area contributed by atoms with E-state index in [4.69, 9.17) is 5.73 Å². The highest BCUT2D eigenvalue weighted by atomic mass is 32.2. The molecule has 2 N–H and O–H groups in total. The maximum absolute atomic E-state index is 5.72. The average Bonchev–Trinajstić information content (AvgIpc) is 2.57. The Bertz CT molecular complexity index is 520. The van der Waals surface area contributed by atoms with Gasteiger partial charge in [0, 0.05) is 11.8 Å². The molecule has 0 bridgehead atoms. The summed E-state index contributed by atoms with van der Waals surface area (Å²) >= 11 is 1.46. The lowest BCUT2D eigenvalue weighted by atomic mass is 10.4. The fourth-order valence-corrected chi connectivity index (χ4v) is 1.87. The van der Waals surface area contributed by atoms with E-state index in [1.54, 1.807) is 10.7 Å². The van der Waals surface area contributed by atoms with E-state index in [9.17, 15) is 0 Å². The maximum atomic E-state index is 5.72. The smallest absolute Gasteiger partial charge is 0.191 e. The van der Waals surface area contributed by atoms with E-state index in [-0.39, 0.29) is 0 Å². The van der Waals surface area contributed by atoms with Crippen LogP contribution in [0.2, 0.25) is 0 Å². The zero-order valence-corrected chi connectivity index (χ0v) is 10.2. The third-order valence-electron chi connectivity index (χ3n) is 2.12. The number of anilines is 1. The van der Waals surface area contributed by atoms with Crippen molar-refractivity contribution in [3.63, 3.8) is 0 Å². The number of nitrogen functional groups attached to an aromatic ring is 1. The molecular formula is C10H13N5S. The molecule has 0 amide bonds. The Kier molecular flexibility index (Phi) is 2.82. The molecule has 84 valence electrons. The van der Waals surface area contributed by atoms with E-state index in [1.165, 1.54) is 11.8 Å². The van der Waals surface area contributed by atoms with Gasteiger partial charge >= 0.3 is 0 Å². The maximum Gasteiger partial charge on any atom is 0.191 e. The van der Waals surface area contributed by atoms with Gasteiger partial charge in [0.2, 0.25) is 0 Å². The molecule has 0 spiro atoms. The highest BCUT2D eigenvalue weighted by Gasteiger charge is 2.07. The van der Waals surface area contributed by atoms with Gasteiger partial charge in [-0.25, -0.2) is 14.6 Å². The van der Waals surface area contributed by atoms with Crippen molar-refractivity contribution in [3.8, 4) is 5.82 Å². The van der Waals surface area contributed by atoms with Crippen LogP contribution in [-0.4, -0.2) is 26.0 Å². The van der Waals surface area contributed by atoms with Gasteiger partial charge in [-0.05, 0) is 26.2 Å². The zero-order valence-electron chi connectivity index (χ0n) is 9.43. The van der Waals surface area contributed by atoms with E-state index < -0.39 is 0 Å². The summed E-state index contributed by atoms with van der Waals surface area (Å²) in [5, 5.41) is 5.01. The largest absolute Gasteiger partial charge is 0.383 e. The molecular weight excluding hydrogens is 222 g/mol. The van der Waals surface area contributed by atoms with E-state index in [1.807, 2.05) is 26.2 Å². The number of thioether (sulfide) groups is 1. The van der Waals surface area contributed by atoms with Crippen LogP contribution in [0.1, 0.15) is 11.4 Å². The summed E-state index contributed by atoms with van der Waals surface area (Å²) in [6.07, 6.45) is 1.92. The lowest BCUT2D eigenvalue weighted by Gasteiger charge is -2.05. The van der Waals surface area contributed by atoms with Crippen LogP contribution in [0.3, 0.4) is 0 Å². The van der Waals surface area contributed by atoms with Crippen LogP contribution in [0.25, 0.3) is 5.82 Å². The number of nitrogens with zero attached hydrogens (tertiary/aromatic N) is 4. The van der Waals surface area contributed by atoms with Gasteiger partial charge < -0.3 is 5.73 Å². The molecule has 2 aromatic heterocycles. The van der Waals surface area contributed by atoms with E-state index >= 15 is 0 Å². The highest BCUT2D eigenvalue weighted by molar-refractivity contribution is 7.98. The Morgan fingerprint density at radius 3 is 2.56 bits per heavy atom. The van der Waals surface area contributed by atoms with Crippen LogP contribution in [0.4, 0.5) is 5.82 Å². The molecule has 0 aliphatic carbocycles. The van der Waals surface area contributed by atoms with E-state index in [2.05, 4.69) is 15.1 Å². The van der Waals surface area contributed by atoms with Gasteiger partial charge in [-0.3, -0.25) is 0 Å². The fourth-order valence-electron chi connectivity index (χ4n) is 1.49. The summed E-state index contributed by atoms with van der Waals surface area (Å²) in [6, 6.07) is 3.72. The molecule has 0 saturated heterocycles. The van der Waals surface area contributed by atoms with Gasteiger partial charge in [0.1, 0.15) is 5.82 Å². The molecule has 0 aromatic carbocycles. The molecule has 2 aromatic rings. The quantitative estimate of drug-likeness (QED) is 0.632. The second kappa shape index (κ2) is 4.13. The fraction of sp³-hybridized carbons (Fsp3) is 0.300. The standard InChI is InChI=1S/C10H13N5S/c1-6-4-7(2)15(14-6)9-5-8(11)12-10(13-9)16-3/h4-5H,1-3H3,(H2,11,12,13). The molecule has 0 fully saturated rings. The molecule has 0 aliphatic rings. The molecule has 2 rings (SSSR count). The zero-order chi connectivity index (χ0) is 11.7. The van der Waals surface area contributed by atoms with Crippen LogP contribution in [0.5, 0.6) is 0 Å². The van der Waals surface area contributed by atoms with Gasteiger partial charge in [-0.2, -0.15) is 5.10 Å². The lowest BCUT2D eigenvalue weighted by Crippen LogP contribution is -2.05. The van der Waals surface area contributed by atoms with Crippen molar-refractivity contribution in [2.24, 2.45) is 0 Å². The predicted octanol–water partition coefficient (Wildman–Crippen LogP) is 1.58. The molecule has 2 heterocycles. The normalized spacial score (nSPS) is 10.7. The van der Waals surface area contributed by atoms with Crippen molar-refractivity contribution in [1.29, 1.82) is 0 Å². The van der Waals surface area contributed by atoms with Gasteiger partial charge in [0.05, 0.1) is 5.69 Å². The summed E-state index contributed by atoms with van der Waals surface area (Å²) in [6.45, 7) is 3.93. The van der Waals surface area contributed by atoms with Crippen molar-refractivity contribution in [2.75, 3.05) is 12.0 Å². The molecule has 0 unspecified atom stereocenters. The van der Waals surface area contributed by atoms with Crippen molar-refractivity contribution in [2.45, 2.75) is 19.0 Å². The summed E-state index contributed by atoms with van der Waals surface area (Å²) in [4.78, 5) is 8.47. The first-order valence-electron chi connectivity index (χ1n) is 4.82. The van der Waals surface area contributed by atoms with Gasteiger partial charge in [0.25, 0.3) is 0 Å².